The summed E-state index contributed by atoms with van der Waals surface area (Å²) < 4.78 is 5.40. The molecule has 3 amide bonds. The van der Waals surface area contributed by atoms with E-state index >= 15 is 0 Å². The molecule has 0 radical (unpaired) electrons. The van der Waals surface area contributed by atoms with E-state index in [1.807, 2.05) is 12.1 Å². The number of nitrogens with zero attached hydrogens (tertiary/aromatic N) is 1. The SMILES string of the molecule is C#CCOc1ccccc1NC(=O)N1CC(NC(=O)C2CC2)C1. The smallest absolute Gasteiger partial charge is 0.322 e. The highest BCUT2D eigenvalue weighted by Crippen LogP contribution is 2.29. The number of hydrogen-bond donors (Lipinski definition) is 2. The van der Waals surface area contributed by atoms with Crippen LogP contribution in [-0.2, 0) is 4.79 Å². The van der Waals surface area contributed by atoms with E-state index in [-0.39, 0.29) is 30.5 Å². The summed E-state index contributed by atoms with van der Waals surface area (Å²) in [7, 11) is 0. The summed E-state index contributed by atoms with van der Waals surface area (Å²) in [6.45, 7) is 1.20. The number of carbonyl (C=O) groups is 2. The zero-order valence-electron chi connectivity index (χ0n) is 12.7. The Hall–Kier alpha value is -2.68. The third-order valence-electron chi connectivity index (χ3n) is 3.90. The van der Waals surface area contributed by atoms with Gasteiger partial charge in [-0.3, -0.25) is 4.79 Å². The molecule has 120 valence electrons. The van der Waals surface area contributed by atoms with Crippen molar-refractivity contribution in [3.05, 3.63) is 24.3 Å². The summed E-state index contributed by atoms with van der Waals surface area (Å²) in [5, 5.41) is 5.77. The second-order valence-corrected chi connectivity index (χ2v) is 5.80. The average molecular weight is 313 g/mol. The molecular weight excluding hydrogens is 294 g/mol. The second kappa shape index (κ2) is 6.61. The molecule has 1 aliphatic carbocycles. The summed E-state index contributed by atoms with van der Waals surface area (Å²) in [5.41, 5.74) is 0.582. The minimum Gasteiger partial charge on any atom is -0.479 e. The van der Waals surface area contributed by atoms with Crippen LogP contribution in [0.25, 0.3) is 0 Å². The molecule has 2 fully saturated rings. The lowest BCUT2D eigenvalue weighted by molar-refractivity contribution is -0.123. The van der Waals surface area contributed by atoms with Crippen molar-refractivity contribution < 1.29 is 14.3 Å². The van der Waals surface area contributed by atoms with Crippen molar-refractivity contribution in [2.24, 2.45) is 5.92 Å². The van der Waals surface area contributed by atoms with E-state index in [0.29, 0.717) is 24.5 Å². The fraction of sp³-hybridized carbons (Fsp3) is 0.412. The number of anilines is 1. The quantitative estimate of drug-likeness (QED) is 0.808. The third-order valence-corrected chi connectivity index (χ3v) is 3.90. The van der Waals surface area contributed by atoms with Gasteiger partial charge in [0.05, 0.1) is 11.7 Å². The highest BCUT2D eigenvalue weighted by atomic mass is 16.5. The number of nitrogens with one attached hydrogen (secondary N) is 2. The van der Waals surface area contributed by atoms with Gasteiger partial charge >= 0.3 is 6.03 Å². The number of ether oxygens (including phenoxy) is 1. The first-order chi connectivity index (χ1) is 11.2. The van der Waals surface area contributed by atoms with Gasteiger partial charge in [0.25, 0.3) is 0 Å². The first kappa shape index (κ1) is 15.2. The van der Waals surface area contributed by atoms with Gasteiger partial charge in [-0.15, -0.1) is 6.42 Å². The van der Waals surface area contributed by atoms with Crippen LogP contribution in [0.5, 0.6) is 5.75 Å². The van der Waals surface area contributed by atoms with Gasteiger partial charge in [-0.25, -0.2) is 4.79 Å². The van der Waals surface area contributed by atoms with Crippen molar-refractivity contribution in [1.82, 2.24) is 10.2 Å². The number of benzene rings is 1. The molecule has 2 N–H and O–H groups in total. The van der Waals surface area contributed by atoms with Crippen LogP contribution in [0.3, 0.4) is 0 Å². The molecule has 1 saturated carbocycles. The van der Waals surface area contributed by atoms with Crippen molar-refractivity contribution in [1.29, 1.82) is 0 Å². The molecule has 6 heteroatoms. The summed E-state index contributed by atoms with van der Waals surface area (Å²) in [6, 6.07) is 6.99. The average Bonchev–Trinajstić information content (AvgIpc) is 3.34. The molecule has 1 aromatic rings. The van der Waals surface area contributed by atoms with Gasteiger partial charge in [-0.1, -0.05) is 18.1 Å². The summed E-state index contributed by atoms with van der Waals surface area (Å²) >= 11 is 0. The monoisotopic (exact) mass is 313 g/mol. The number of terminal acetylenes is 1. The van der Waals surface area contributed by atoms with Gasteiger partial charge in [-0.2, -0.15) is 0 Å². The molecule has 1 aliphatic heterocycles. The molecule has 3 rings (SSSR count). The Labute approximate surface area is 135 Å². The summed E-state index contributed by atoms with van der Waals surface area (Å²) in [6.07, 6.45) is 7.15. The maximum atomic E-state index is 12.2. The molecular formula is C17H19N3O3. The van der Waals surface area contributed by atoms with E-state index in [1.165, 1.54) is 0 Å². The van der Waals surface area contributed by atoms with Crippen LogP contribution in [-0.4, -0.2) is 42.6 Å². The van der Waals surface area contributed by atoms with Gasteiger partial charge in [0.15, 0.2) is 0 Å². The molecule has 0 atom stereocenters. The number of hydrogen-bond acceptors (Lipinski definition) is 3. The van der Waals surface area contributed by atoms with E-state index in [0.717, 1.165) is 12.8 Å². The van der Waals surface area contributed by atoms with Gasteiger partial charge in [0.1, 0.15) is 12.4 Å². The molecule has 1 saturated heterocycles. The van der Waals surface area contributed by atoms with Crippen molar-refractivity contribution in [3.63, 3.8) is 0 Å². The number of carbonyl (C=O) groups excluding carboxylic acids is 2. The zero-order valence-corrected chi connectivity index (χ0v) is 12.7. The van der Waals surface area contributed by atoms with Gasteiger partial charge in [0.2, 0.25) is 5.91 Å². The summed E-state index contributed by atoms with van der Waals surface area (Å²) in [5.74, 6) is 3.24. The van der Waals surface area contributed by atoms with Crippen molar-refractivity contribution >= 4 is 17.6 Å². The normalized spacial score (nSPS) is 16.9. The zero-order chi connectivity index (χ0) is 16.2. The van der Waals surface area contributed by atoms with E-state index in [1.54, 1.807) is 17.0 Å². The van der Waals surface area contributed by atoms with Crippen molar-refractivity contribution in [2.45, 2.75) is 18.9 Å². The van der Waals surface area contributed by atoms with Crippen LogP contribution in [0.2, 0.25) is 0 Å². The fourth-order valence-corrected chi connectivity index (χ4v) is 2.41. The van der Waals surface area contributed by atoms with Crippen LogP contribution in [0, 0.1) is 18.3 Å². The van der Waals surface area contributed by atoms with Crippen LogP contribution in [0.1, 0.15) is 12.8 Å². The standard InChI is InChI=1S/C17H19N3O3/c1-2-9-23-15-6-4-3-5-14(15)19-17(22)20-10-13(11-20)18-16(21)12-7-8-12/h1,3-6,12-13H,7-11H2,(H,18,21)(H,19,22). The molecule has 23 heavy (non-hydrogen) atoms. The van der Waals surface area contributed by atoms with Crippen LogP contribution in [0.15, 0.2) is 24.3 Å². The molecule has 2 aliphatic rings. The second-order valence-electron chi connectivity index (χ2n) is 5.80. The van der Waals surface area contributed by atoms with Crippen LogP contribution >= 0.6 is 0 Å². The maximum absolute atomic E-state index is 12.2. The maximum Gasteiger partial charge on any atom is 0.322 e. The van der Waals surface area contributed by atoms with E-state index < -0.39 is 0 Å². The largest absolute Gasteiger partial charge is 0.479 e. The van der Waals surface area contributed by atoms with Gasteiger partial charge in [0, 0.05) is 19.0 Å². The Balaban J connectivity index is 1.49. The van der Waals surface area contributed by atoms with Gasteiger partial charge < -0.3 is 20.3 Å². The first-order valence-corrected chi connectivity index (χ1v) is 7.69. The Morgan fingerprint density at radius 2 is 2.04 bits per heavy atom. The predicted octanol–water partition coefficient (Wildman–Crippen LogP) is 1.44. The highest BCUT2D eigenvalue weighted by Gasteiger charge is 2.36. The number of urea groups is 1. The number of likely N-dealkylation sites (tertiary alicyclic amines) is 1. The fourth-order valence-electron chi connectivity index (χ4n) is 2.41. The number of amides is 3. The predicted molar refractivity (Wildman–Crippen MR) is 86.0 cm³/mol. The molecule has 1 heterocycles. The molecule has 0 spiro atoms. The van der Waals surface area contributed by atoms with Crippen LogP contribution < -0.4 is 15.4 Å². The van der Waals surface area contributed by atoms with Crippen molar-refractivity contribution in [3.8, 4) is 18.1 Å². The molecule has 0 bridgehead atoms. The van der Waals surface area contributed by atoms with E-state index in [4.69, 9.17) is 11.2 Å². The summed E-state index contributed by atoms with van der Waals surface area (Å²) in [4.78, 5) is 25.5. The Morgan fingerprint density at radius 1 is 1.30 bits per heavy atom. The first-order valence-electron chi connectivity index (χ1n) is 7.69. The molecule has 6 nitrogen and oxygen atoms in total. The topological polar surface area (TPSA) is 70.7 Å². The number of rotatable bonds is 5. The highest BCUT2D eigenvalue weighted by molar-refractivity contribution is 5.91. The lowest BCUT2D eigenvalue weighted by atomic mass is 10.1. The molecule has 0 aromatic heterocycles. The van der Waals surface area contributed by atoms with E-state index in [2.05, 4.69) is 16.6 Å². The lowest BCUT2D eigenvalue weighted by Gasteiger charge is -2.39. The number of para-hydroxylation sites is 2. The Bertz CT molecular complexity index is 643. The minimum atomic E-state index is -0.210. The van der Waals surface area contributed by atoms with Crippen molar-refractivity contribution in [2.75, 3.05) is 25.0 Å². The van der Waals surface area contributed by atoms with Gasteiger partial charge in [-0.05, 0) is 25.0 Å². The molecule has 1 aromatic carbocycles. The van der Waals surface area contributed by atoms with Crippen LogP contribution in [0.4, 0.5) is 10.5 Å². The Kier molecular flexibility index (Phi) is 4.38. The Morgan fingerprint density at radius 3 is 2.74 bits per heavy atom. The van der Waals surface area contributed by atoms with E-state index in [9.17, 15) is 9.59 Å². The minimum absolute atomic E-state index is 0.0572. The lowest BCUT2D eigenvalue weighted by Crippen LogP contribution is -2.62. The third kappa shape index (κ3) is 3.75. The molecule has 0 unspecified atom stereocenters.